The van der Waals surface area contributed by atoms with Crippen LogP contribution in [-0.4, -0.2) is 46.1 Å². The van der Waals surface area contributed by atoms with Gasteiger partial charge in [0.25, 0.3) is 11.5 Å². The number of nitrogens with zero attached hydrogens (tertiary/aromatic N) is 3. The van der Waals surface area contributed by atoms with Crippen molar-refractivity contribution in [2.24, 2.45) is 18.9 Å². The number of piperidine rings is 1. The highest BCUT2D eigenvalue weighted by atomic mass is 16.2. The smallest absolute Gasteiger partial charge is 0.275 e. The van der Waals surface area contributed by atoms with Gasteiger partial charge in [-0.05, 0) is 50.1 Å². The Morgan fingerprint density at radius 2 is 1.77 bits per heavy atom. The highest BCUT2D eigenvalue weighted by Gasteiger charge is 2.25. The van der Waals surface area contributed by atoms with Crippen LogP contribution in [0.15, 0.2) is 35.3 Å². The first kappa shape index (κ1) is 24.1. The van der Waals surface area contributed by atoms with E-state index >= 15 is 0 Å². The maximum absolute atomic E-state index is 13.7. The van der Waals surface area contributed by atoms with Crippen LogP contribution >= 0.6 is 0 Å². The monoisotopic (exact) mass is 476 g/mol. The van der Waals surface area contributed by atoms with Crippen molar-refractivity contribution in [2.45, 2.75) is 64.8 Å². The van der Waals surface area contributed by atoms with Gasteiger partial charge in [-0.1, -0.05) is 51.3 Å². The largest absolute Gasteiger partial charge is 0.352 e. The molecule has 1 saturated carbocycles. The molecule has 1 aliphatic heterocycles. The van der Waals surface area contributed by atoms with Gasteiger partial charge in [0.05, 0.1) is 5.56 Å². The van der Waals surface area contributed by atoms with Gasteiger partial charge in [0.15, 0.2) is 0 Å². The highest BCUT2D eigenvalue weighted by Crippen LogP contribution is 2.32. The molecule has 6 heteroatoms. The van der Waals surface area contributed by atoms with Crippen molar-refractivity contribution in [2.75, 3.05) is 26.2 Å². The minimum atomic E-state index is -0.0729. The molecule has 0 unspecified atom stereocenters. The molecule has 1 N–H and O–H groups in total. The van der Waals surface area contributed by atoms with Crippen LogP contribution in [0.3, 0.4) is 0 Å². The zero-order chi connectivity index (χ0) is 24.5. The van der Waals surface area contributed by atoms with Crippen LogP contribution in [0.2, 0.25) is 0 Å². The topological polar surface area (TPSA) is 59.3 Å². The van der Waals surface area contributed by atoms with Crippen LogP contribution in [-0.2, 0) is 7.05 Å². The van der Waals surface area contributed by atoms with Gasteiger partial charge >= 0.3 is 0 Å². The van der Waals surface area contributed by atoms with Gasteiger partial charge in [0.2, 0.25) is 0 Å². The molecule has 2 atom stereocenters. The number of likely N-dealkylation sites (tertiary alicyclic amines) is 1. The van der Waals surface area contributed by atoms with E-state index in [1.807, 2.05) is 46.6 Å². The number of nitrogens with one attached hydrogen (secondary N) is 1. The summed E-state index contributed by atoms with van der Waals surface area (Å²) in [6, 6.07) is 8.20. The number of fused-ring (bicyclic) bond motifs is 3. The Hall–Kier alpha value is -2.60. The summed E-state index contributed by atoms with van der Waals surface area (Å²) in [6.07, 6.45) is 9.61. The maximum Gasteiger partial charge on any atom is 0.275 e. The Morgan fingerprint density at radius 3 is 2.51 bits per heavy atom. The number of benzene rings is 1. The molecule has 6 nitrogen and oxygen atoms in total. The first-order valence-electron chi connectivity index (χ1n) is 13.6. The van der Waals surface area contributed by atoms with Gasteiger partial charge in [0.1, 0.15) is 5.52 Å². The Balaban J connectivity index is 1.43. The summed E-state index contributed by atoms with van der Waals surface area (Å²) < 4.78 is 3.84. The van der Waals surface area contributed by atoms with E-state index in [-0.39, 0.29) is 17.5 Å². The number of para-hydroxylation sites is 1. The number of pyridine rings is 1. The van der Waals surface area contributed by atoms with Crippen molar-refractivity contribution in [1.29, 1.82) is 0 Å². The predicted molar refractivity (Wildman–Crippen MR) is 143 cm³/mol. The molecule has 0 radical (unpaired) electrons. The number of carbonyl (C=O) groups is 1. The van der Waals surface area contributed by atoms with Crippen LogP contribution in [0.4, 0.5) is 0 Å². The Morgan fingerprint density at radius 1 is 1.06 bits per heavy atom. The van der Waals surface area contributed by atoms with E-state index in [0.717, 1.165) is 79.9 Å². The number of carbonyl (C=O) groups excluding carboxylic acids is 1. The first-order chi connectivity index (χ1) is 16.9. The minimum Gasteiger partial charge on any atom is -0.352 e. The fourth-order valence-electron chi connectivity index (χ4n) is 6.68. The zero-order valence-electron chi connectivity index (χ0n) is 21.6. The lowest BCUT2D eigenvalue weighted by Crippen LogP contribution is -2.40. The summed E-state index contributed by atoms with van der Waals surface area (Å²) in [5, 5.41) is 4.95. The van der Waals surface area contributed by atoms with Crippen molar-refractivity contribution >= 4 is 27.7 Å². The van der Waals surface area contributed by atoms with Gasteiger partial charge in [-0.15, -0.1) is 0 Å². The molecule has 1 aliphatic carbocycles. The van der Waals surface area contributed by atoms with Crippen molar-refractivity contribution in [1.82, 2.24) is 19.4 Å². The SMILES string of the molecule is C[C@@H]1C[C@@H](C)CN(CCCNC(=O)c2cn(C3CCCCC3)c(=O)c3c2c2ccccc2n3C)C1. The molecule has 35 heavy (non-hydrogen) atoms. The lowest BCUT2D eigenvalue weighted by atomic mass is 9.92. The van der Waals surface area contributed by atoms with Crippen molar-refractivity contribution < 1.29 is 4.79 Å². The second-order valence-electron chi connectivity index (χ2n) is 11.2. The van der Waals surface area contributed by atoms with Crippen LogP contribution in [0, 0.1) is 11.8 Å². The van der Waals surface area contributed by atoms with E-state index in [1.165, 1.54) is 12.8 Å². The molecule has 2 aliphatic rings. The zero-order valence-corrected chi connectivity index (χ0v) is 21.6. The average molecular weight is 477 g/mol. The van der Waals surface area contributed by atoms with Crippen molar-refractivity contribution in [3.63, 3.8) is 0 Å². The number of aryl methyl sites for hydroxylation is 1. The first-order valence-corrected chi connectivity index (χ1v) is 13.6. The minimum absolute atomic E-state index is 0.0236. The summed E-state index contributed by atoms with van der Waals surface area (Å²) >= 11 is 0. The fourth-order valence-corrected chi connectivity index (χ4v) is 6.68. The van der Waals surface area contributed by atoms with Crippen LogP contribution in [0.1, 0.15) is 75.2 Å². The van der Waals surface area contributed by atoms with Crippen LogP contribution < -0.4 is 10.9 Å². The summed E-state index contributed by atoms with van der Waals surface area (Å²) in [5.41, 5.74) is 2.28. The van der Waals surface area contributed by atoms with E-state index in [2.05, 4.69) is 24.1 Å². The number of amides is 1. The van der Waals surface area contributed by atoms with Gasteiger partial charge in [-0.3, -0.25) is 9.59 Å². The molecule has 188 valence electrons. The summed E-state index contributed by atoms with van der Waals surface area (Å²) in [7, 11) is 1.94. The summed E-state index contributed by atoms with van der Waals surface area (Å²) in [5.74, 6) is 1.42. The molecule has 3 heterocycles. The number of hydrogen-bond donors (Lipinski definition) is 1. The number of rotatable bonds is 6. The molecular weight excluding hydrogens is 436 g/mol. The van der Waals surface area contributed by atoms with Gasteiger partial charge in [-0.2, -0.15) is 0 Å². The van der Waals surface area contributed by atoms with E-state index in [1.54, 1.807) is 0 Å². The molecule has 1 aromatic carbocycles. The van der Waals surface area contributed by atoms with Gasteiger partial charge in [0, 0.05) is 55.2 Å². The lowest BCUT2D eigenvalue weighted by molar-refractivity contribution is 0.0948. The molecule has 2 aromatic heterocycles. The standard InChI is InChI=1S/C29H40N4O2/c1-20-16-21(2)18-32(17-20)15-9-14-30-28(34)24-19-33(22-10-5-4-6-11-22)29(35)27-26(24)23-12-7-8-13-25(23)31(27)3/h7-8,12-13,19-22H,4-6,9-11,14-18H2,1-3H3,(H,30,34)/t20-,21-/m1/s1. The normalized spacial score (nSPS) is 22.1. The highest BCUT2D eigenvalue weighted by molar-refractivity contribution is 6.17. The molecule has 5 rings (SSSR count). The molecule has 0 bridgehead atoms. The lowest BCUT2D eigenvalue weighted by Gasteiger charge is -2.34. The fraction of sp³-hybridized carbons (Fsp3) is 0.586. The second-order valence-corrected chi connectivity index (χ2v) is 11.2. The molecule has 1 amide bonds. The van der Waals surface area contributed by atoms with E-state index in [9.17, 15) is 9.59 Å². The maximum atomic E-state index is 13.7. The molecule has 0 spiro atoms. The Kier molecular flexibility index (Phi) is 7.01. The summed E-state index contributed by atoms with van der Waals surface area (Å²) in [4.78, 5) is 29.8. The quantitative estimate of drug-likeness (QED) is 0.504. The van der Waals surface area contributed by atoms with Crippen LogP contribution in [0.25, 0.3) is 21.8 Å². The van der Waals surface area contributed by atoms with Gasteiger partial charge in [-0.25, -0.2) is 0 Å². The third-order valence-corrected chi connectivity index (χ3v) is 8.18. The predicted octanol–water partition coefficient (Wildman–Crippen LogP) is 5.10. The number of hydrogen-bond acceptors (Lipinski definition) is 3. The third kappa shape index (κ3) is 4.77. The molecular formula is C29H40N4O2. The molecule has 1 saturated heterocycles. The van der Waals surface area contributed by atoms with E-state index in [0.29, 0.717) is 17.6 Å². The van der Waals surface area contributed by atoms with E-state index in [4.69, 9.17) is 0 Å². The average Bonchev–Trinajstić information content (AvgIpc) is 3.15. The Bertz CT molecular complexity index is 1260. The number of aromatic nitrogens is 2. The summed E-state index contributed by atoms with van der Waals surface area (Å²) in [6.45, 7) is 8.64. The second kappa shape index (κ2) is 10.2. The van der Waals surface area contributed by atoms with Crippen molar-refractivity contribution in [3.05, 3.63) is 46.4 Å². The van der Waals surface area contributed by atoms with E-state index < -0.39 is 0 Å². The molecule has 2 fully saturated rings. The Labute approximate surface area is 208 Å². The van der Waals surface area contributed by atoms with Gasteiger partial charge < -0.3 is 19.4 Å². The van der Waals surface area contributed by atoms with Crippen LogP contribution in [0.5, 0.6) is 0 Å². The third-order valence-electron chi connectivity index (χ3n) is 8.18. The van der Waals surface area contributed by atoms with Crippen molar-refractivity contribution in [3.8, 4) is 0 Å². The molecule has 3 aromatic rings.